The quantitative estimate of drug-likeness (QED) is 0.572. The van der Waals surface area contributed by atoms with Crippen molar-refractivity contribution in [3.8, 4) is 0 Å². The molecular formula is C21H23ClF3N5. The Balaban J connectivity index is 1.55. The standard InChI is InChI=1S/C21H23ClF3N5/c1-12-5-14-8-29(17(12)9-28(14)2)7-13-3-4-16-15(6-13)18-19(20(22)27-11-26-18)30(16)10-21(23,24)25/h3-4,6,11-12,14,17H,5,7-10H2,1-2H3. The van der Waals surface area contributed by atoms with Crippen LogP contribution in [0.15, 0.2) is 24.5 Å². The highest BCUT2D eigenvalue weighted by Gasteiger charge is 2.41. The third-order valence-electron chi connectivity index (χ3n) is 6.69. The summed E-state index contributed by atoms with van der Waals surface area (Å²) in [5.41, 5.74) is 2.24. The van der Waals surface area contributed by atoms with Gasteiger partial charge in [-0.2, -0.15) is 13.2 Å². The molecule has 3 atom stereocenters. The van der Waals surface area contributed by atoms with Crippen molar-refractivity contribution in [2.24, 2.45) is 5.92 Å². The lowest BCUT2D eigenvalue weighted by atomic mass is 9.82. The second kappa shape index (κ2) is 7.07. The SMILES string of the molecule is CC1CC2CN(Cc3ccc4c(c3)c3ncnc(Cl)c3n4CC(F)(F)F)C1CN2C. The van der Waals surface area contributed by atoms with Crippen molar-refractivity contribution >= 4 is 33.5 Å². The predicted octanol–water partition coefficient (Wildman–Crippen LogP) is 4.32. The van der Waals surface area contributed by atoms with Gasteiger partial charge in [0.15, 0.2) is 5.15 Å². The molecule has 9 heteroatoms. The van der Waals surface area contributed by atoms with Crippen LogP contribution < -0.4 is 0 Å². The first-order chi connectivity index (χ1) is 14.2. The fraction of sp³-hybridized carbons (Fsp3) is 0.524. The van der Waals surface area contributed by atoms with E-state index in [2.05, 4.69) is 33.7 Å². The third-order valence-corrected chi connectivity index (χ3v) is 6.97. The van der Waals surface area contributed by atoms with E-state index in [4.69, 9.17) is 11.6 Å². The number of fused-ring (bicyclic) bond motifs is 6. The van der Waals surface area contributed by atoms with Crippen molar-refractivity contribution in [1.29, 1.82) is 0 Å². The monoisotopic (exact) mass is 437 g/mol. The Morgan fingerprint density at radius 2 is 2.00 bits per heavy atom. The summed E-state index contributed by atoms with van der Waals surface area (Å²) in [5, 5.41) is 0.718. The van der Waals surface area contributed by atoms with Gasteiger partial charge in [-0.3, -0.25) is 4.90 Å². The number of hydrogen-bond donors (Lipinski definition) is 0. The lowest BCUT2D eigenvalue weighted by molar-refractivity contribution is -0.139. The van der Waals surface area contributed by atoms with Gasteiger partial charge in [-0.25, -0.2) is 9.97 Å². The molecule has 160 valence electrons. The molecule has 3 aromatic rings. The molecule has 3 unspecified atom stereocenters. The summed E-state index contributed by atoms with van der Waals surface area (Å²) in [6, 6.07) is 6.70. The highest BCUT2D eigenvalue weighted by Crippen LogP contribution is 2.36. The van der Waals surface area contributed by atoms with Crippen molar-refractivity contribution < 1.29 is 13.2 Å². The first-order valence-electron chi connectivity index (χ1n) is 10.1. The fourth-order valence-corrected chi connectivity index (χ4v) is 5.50. The molecule has 3 saturated heterocycles. The van der Waals surface area contributed by atoms with E-state index >= 15 is 0 Å². The van der Waals surface area contributed by atoms with Gasteiger partial charge in [0.1, 0.15) is 23.9 Å². The number of alkyl halides is 3. The summed E-state index contributed by atoms with van der Waals surface area (Å²) in [6.07, 6.45) is -1.85. The molecule has 6 rings (SSSR count). The molecule has 0 N–H and O–H groups in total. The Bertz CT molecular complexity index is 1110. The van der Waals surface area contributed by atoms with E-state index in [1.807, 2.05) is 12.1 Å². The van der Waals surface area contributed by atoms with E-state index in [1.54, 1.807) is 6.07 Å². The lowest BCUT2D eigenvalue weighted by Gasteiger charge is -2.53. The second-order valence-electron chi connectivity index (χ2n) is 8.72. The molecule has 3 fully saturated rings. The minimum Gasteiger partial charge on any atom is -0.327 e. The first kappa shape index (κ1) is 20.0. The average Bonchev–Trinajstić information content (AvgIpc) is 2.96. The maximum Gasteiger partial charge on any atom is 0.406 e. The Hall–Kier alpha value is -1.90. The van der Waals surface area contributed by atoms with Crippen molar-refractivity contribution in [2.45, 2.75) is 44.7 Å². The van der Waals surface area contributed by atoms with Crippen molar-refractivity contribution in [1.82, 2.24) is 24.3 Å². The third kappa shape index (κ3) is 3.35. The van der Waals surface area contributed by atoms with Crippen LogP contribution in [0.1, 0.15) is 18.9 Å². The minimum absolute atomic E-state index is 0.0344. The van der Waals surface area contributed by atoms with Crippen LogP contribution in [0, 0.1) is 5.92 Å². The summed E-state index contributed by atoms with van der Waals surface area (Å²) in [4.78, 5) is 13.1. The zero-order valence-electron chi connectivity index (χ0n) is 16.8. The largest absolute Gasteiger partial charge is 0.406 e. The maximum absolute atomic E-state index is 13.2. The first-order valence-corrected chi connectivity index (χ1v) is 10.5. The molecule has 2 bridgehead atoms. The highest BCUT2D eigenvalue weighted by molar-refractivity contribution is 6.34. The number of piperidine rings is 2. The van der Waals surface area contributed by atoms with Crippen LogP contribution in [0.2, 0.25) is 5.15 Å². The average molecular weight is 438 g/mol. The molecule has 0 aliphatic carbocycles. The molecule has 0 radical (unpaired) electrons. The molecule has 0 saturated carbocycles. The van der Waals surface area contributed by atoms with Crippen LogP contribution in [0.5, 0.6) is 0 Å². The molecule has 3 aliphatic rings. The number of hydrogen-bond acceptors (Lipinski definition) is 4. The van der Waals surface area contributed by atoms with Crippen LogP contribution in [0.4, 0.5) is 13.2 Å². The molecule has 2 aromatic heterocycles. The van der Waals surface area contributed by atoms with Gasteiger partial charge >= 0.3 is 6.18 Å². The van der Waals surface area contributed by atoms with Gasteiger partial charge in [0.25, 0.3) is 0 Å². The van der Waals surface area contributed by atoms with Crippen molar-refractivity contribution in [3.05, 3.63) is 35.2 Å². The molecule has 0 spiro atoms. The van der Waals surface area contributed by atoms with Crippen LogP contribution in [-0.2, 0) is 13.1 Å². The van der Waals surface area contributed by atoms with Gasteiger partial charge in [0, 0.05) is 37.1 Å². The van der Waals surface area contributed by atoms with Crippen molar-refractivity contribution in [3.63, 3.8) is 0 Å². The van der Waals surface area contributed by atoms with E-state index in [1.165, 1.54) is 17.3 Å². The Labute approximate surface area is 177 Å². The summed E-state index contributed by atoms with van der Waals surface area (Å²) >= 11 is 6.18. The molecule has 5 heterocycles. The highest BCUT2D eigenvalue weighted by atomic mass is 35.5. The maximum atomic E-state index is 13.2. The summed E-state index contributed by atoms with van der Waals surface area (Å²) < 4.78 is 40.9. The number of rotatable bonds is 3. The molecule has 0 amide bonds. The molecule has 3 aliphatic heterocycles. The van der Waals surface area contributed by atoms with E-state index in [9.17, 15) is 13.2 Å². The Kier molecular flexibility index (Phi) is 4.72. The number of likely N-dealkylation sites (N-methyl/N-ethyl adjacent to an activating group) is 1. The fourth-order valence-electron chi connectivity index (χ4n) is 5.27. The Morgan fingerprint density at radius 1 is 1.20 bits per heavy atom. The molecular weight excluding hydrogens is 415 g/mol. The van der Waals surface area contributed by atoms with E-state index in [0.717, 1.165) is 25.2 Å². The number of piperazine rings is 1. The van der Waals surface area contributed by atoms with Gasteiger partial charge in [-0.1, -0.05) is 24.6 Å². The number of nitrogens with zero attached hydrogens (tertiary/aromatic N) is 5. The molecule has 5 nitrogen and oxygen atoms in total. The number of aromatic nitrogens is 3. The zero-order valence-corrected chi connectivity index (χ0v) is 17.6. The second-order valence-corrected chi connectivity index (χ2v) is 9.08. The zero-order chi connectivity index (χ0) is 21.2. The van der Waals surface area contributed by atoms with Crippen LogP contribution in [-0.4, -0.2) is 62.7 Å². The minimum atomic E-state index is -4.37. The Morgan fingerprint density at radius 3 is 2.73 bits per heavy atom. The van der Waals surface area contributed by atoms with Crippen LogP contribution >= 0.6 is 11.6 Å². The molecule has 1 aromatic carbocycles. The van der Waals surface area contributed by atoms with E-state index in [0.29, 0.717) is 34.4 Å². The van der Waals surface area contributed by atoms with Gasteiger partial charge in [-0.15, -0.1) is 0 Å². The van der Waals surface area contributed by atoms with Gasteiger partial charge < -0.3 is 9.47 Å². The number of halogens is 4. The van der Waals surface area contributed by atoms with E-state index in [-0.39, 0.29) is 10.7 Å². The van der Waals surface area contributed by atoms with Crippen LogP contribution in [0.25, 0.3) is 21.9 Å². The summed E-state index contributed by atoms with van der Waals surface area (Å²) in [5.74, 6) is 0.643. The van der Waals surface area contributed by atoms with Gasteiger partial charge in [0.2, 0.25) is 0 Å². The van der Waals surface area contributed by atoms with E-state index < -0.39 is 12.7 Å². The van der Waals surface area contributed by atoms with Crippen molar-refractivity contribution in [2.75, 3.05) is 20.1 Å². The smallest absolute Gasteiger partial charge is 0.327 e. The number of benzene rings is 1. The topological polar surface area (TPSA) is 37.2 Å². The van der Waals surface area contributed by atoms with Gasteiger partial charge in [-0.05, 0) is 37.1 Å². The van der Waals surface area contributed by atoms with Crippen LogP contribution in [0.3, 0.4) is 0 Å². The lowest BCUT2D eigenvalue weighted by Crippen LogP contribution is -2.64. The normalized spacial score (nSPS) is 25.6. The van der Waals surface area contributed by atoms with Gasteiger partial charge in [0.05, 0.1) is 5.52 Å². The summed E-state index contributed by atoms with van der Waals surface area (Å²) in [6.45, 7) is 4.04. The summed E-state index contributed by atoms with van der Waals surface area (Å²) in [7, 11) is 2.19. The molecule has 30 heavy (non-hydrogen) atoms. The predicted molar refractivity (Wildman–Crippen MR) is 110 cm³/mol.